The molecule has 0 aliphatic carbocycles. The van der Waals surface area contributed by atoms with Gasteiger partial charge in [0.1, 0.15) is 23.0 Å². The minimum atomic E-state index is -1.19. The number of aromatic nitrogens is 1. The number of benzene rings is 1. The molecule has 12 heteroatoms. The van der Waals surface area contributed by atoms with Crippen LogP contribution < -0.4 is 16.1 Å². The number of nitrogens with zero attached hydrogens (tertiary/aromatic N) is 2. The Kier molecular flexibility index (Phi) is 5.80. The SMILES string of the molecule is CCNC1CC2C3OCCCN3C(=O)c3c(O)c(=O)c(C(=O)NCc4c(F)cc(F)cc4F)c1n32. The fourth-order valence-corrected chi connectivity index (χ4v) is 5.26. The Labute approximate surface area is 197 Å². The zero-order valence-corrected chi connectivity index (χ0v) is 18.7. The molecular formula is C23H23F3N4O5. The molecule has 2 aromatic rings. The van der Waals surface area contributed by atoms with Gasteiger partial charge in [0.2, 0.25) is 5.43 Å². The second kappa shape index (κ2) is 8.68. The largest absolute Gasteiger partial charge is 0.503 e. The number of pyridine rings is 1. The quantitative estimate of drug-likeness (QED) is 0.586. The van der Waals surface area contributed by atoms with Crippen LogP contribution in [0, 0.1) is 17.5 Å². The Morgan fingerprint density at radius 2 is 1.94 bits per heavy atom. The highest BCUT2D eigenvalue weighted by atomic mass is 19.1. The van der Waals surface area contributed by atoms with Crippen molar-refractivity contribution in [3.8, 4) is 5.75 Å². The lowest BCUT2D eigenvalue weighted by molar-refractivity contribution is -0.110. The number of carbonyl (C=O) groups excluding carboxylic acids is 2. The van der Waals surface area contributed by atoms with E-state index in [4.69, 9.17) is 4.74 Å². The number of nitrogens with one attached hydrogen (secondary N) is 2. The summed E-state index contributed by atoms with van der Waals surface area (Å²) in [7, 11) is 0. The summed E-state index contributed by atoms with van der Waals surface area (Å²) in [5.41, 5.74) is -2.07. The van der Waals surface area contributed by atoms with E-state index in [2.05, 4.69) is 10.6 Å². The first-order valence-electron chi connectivity index (χ1n) is 11.3. The van der Waals surface area contributed by atoms with Gasteiger partial charge in [-0.1, -0.05) is 6.92 Å². The normalized spacial score (nSPS) is 22.7. The molecule has 1 aromatic heterocycles. The van der Waals surface area contributed by atoms with Crippen molar-refractivity contribution < 1.29 is 32.6 Å². The van der Waals surface area contributed by atoms with Crippen molar-refractivity contribution in [3.63, 3.8) is 0 Å². The highest BCUT2D eigenvalue weighted by Gasteiger charge is 2.50. The van der Waals surface area contributed by atoms with Gasteiger partial charge in [0.05, 0.1) is 24.4 Å². The Morgan fingerprint density at radius 1 is 1.23 bits per heavy atom. The zero-order valence-electron chi connectivity index (χ0n) is 18.7. The molecule has 0 spiro atoms. The molecule has 1 fully saturated rings. The molecule has 9 nitrogen and oxygen atoms in total. The number of aromatic hydroxyl groups is 1. The molecule has 3 aliphatic heterocycles. The Bertz CT molecular complexity index is 1270. The van der Waals surface area contributed by atoms with Crippen LogP contribution in [-0.2, 0) is 11.3 Å². The topological polar surface area (TPSA) is 113 Å². The van der Waals surface area contributed by atoms with E-state index >= 15 is 0 Å². The number of amides is 2. The number of halogens is 3. The number of carbonyl (C=O) groups is 2. The molecule has 4 heterocycles. The number of ether oxygens (including phenoxy) is 1. The Balaban J connectivity index is 1.60. The molecule has 0 saturated carbocycles. The maximum atomic E-state index is 14.0. The summed E-state index contributed by atoms with van der Waals surface area (Å²) in [4.78, 5) is 41.0. The summed E-state index contributed by atoms with van der Waals surface area (Å²) in [6, 6.07) is -0.00348. The lowest BCUT2D eigenvalue weighted by atomic mass is 10.0. The van der Waals surface area contributed by atoms with Crippen LogP contribution >= 0.6 is 0 Å². The monoisotopic (exact) mass is 492 g/mol. The molecule has 35 heavy (non-hydrogen) atoms. The van der Waals surface area contributed by atoms with Crippen molar-refractivity contribution in [2.45, 2.75) is 44.6 Å². The molecule has 3 atom stereocenters. The third kappa shape index (κ3) is 3.59. The van der Waals surface area contributed by atoms with E-state index in [0.29, 0.717) is 44.7 Å². The summed E-state index contributed by atoms with van der Waals surface area (Å²) >= 11 is 0. The summed E-state index contributed by atoms with van der Waals surface area (Å²) in [5, 5.41) is 16.2. The first-order valence-corrected chi connectivity index (χ1v) is 11.3. The van der Waals surface area contributed by atoms with Crippen LogP contribution in [0.1, 0.15) is 64.0 Å². The van der Waals surface area contributed by atoms with E-state index in [0.717, 1.165) is 0 Å². The van der Waals surface area contributed by atoms with Crippen LogP contribution in [0.2, 0.25) is 0 Å². The van der Waals surface area contributed by atoms with Crippen molar-refractivity contribution >= 4 is 11.8 Å². The summed E-state index contributed by atoms with van der Waals surface area (Å²) in [6.07, 6.45) is 0.381. The smallest absolute Gasteiger partial charge is 0.276 e. The van der Waals surface area contributed by atoms with E-state index in [1.807, 2.05) is 6.92 Å². The highest BCUT2D eigenvalue weighted by Crippen LogP contribution is 2.45. The van der Waals surface area contributed by atoms with Crippen molar-refractivity contribution in [1.82, 2.24) is 20.1 Å². The van der Waals surface area contributed by atoms with Crippen LogP contribution in [-0.4, -0.2) is 52.3 Å². The fraction of sp³-hybridized carbons (Fsp3) is 0.435. The molecule has 3 aliphatic rings. The van der Waals surface area contributed by atoms with Crippen molar-refractivity contribution in [2.75, 3.05) is 19.7 Å². The van der Waals surface area contributed by atoms with Crippen molar-refractivity contribution in [2.24, 2.45) is 0 Å². The molecule has 1 aromatic carbocycles. The van der Waals surface area contributed by atoms with Gasteiger partial charge in [0, 0.05) is 30.8 Å². The standard InChI is InChI=1S/C23H23F3N4O5/c1-2-27-14-8-15-23-29(4-3-5-35-23)22(34)18-20(32)19(31)16(17(14)30(15)18)21(33)28-9-11-12(25)6-10(24)7-13(11)26/h6-7,14-15,23,27,32H,2-5,8-9H2,1H3,(H,28,33). The molecule has 0 radical (unpaired) electrons. The highest BCUT2D eigenvalue weighted by molar-refractivity contribution is 6.00. The van der Waals surface area contributed by atoms with E-state index in [1.165, 1.54) is 9.47 Å². The summed E-state index contributed by atoms with van der Waals surface area (Å²) in [5.74, 6) is -5.91. The van der Waals surface area contributed by atoms with Crippen LogP contribution in [0.15, 0.2) is 16.9 Å². The van der Waals surface area contributed by atoms with Crippen LogP contribution in [0.25, 0.3) is 0 Å². The van der Waals surface area contributed by atoms with Gasteiger partial charge in [-0.05, 0) is 19.4 Å². The predicted molar refractivity (Wildman–Crippen MR) is 115 cm³/mol. The van der Waals surface area contributed by atoms with E-state index in [1.54, 1.807) is 0 Å². The average Bonchev–Trinajstić information content (AvgIpc) is 3.17. The minimum absolute atomic E-state index is 0.203. The molecule has 2 amide bonds. The molecule has 0 bridgehead atoms. The van der Waals surface area contributed by atoms with Crippen molar-refractivity contribution in [3.05, 3.63) is 62.3 Å². The lowest BCUT2D eigenvalue weighted by Gasteiger charge is -2.44. The number of hydrogen-bond acceptors (Lipinski definition) is 6. The van der Waals surface area contributed by atoms with Gasteiger partial charge in [0.15, 0.2) is 17.7 Å². The molecule has 3 unspecified atom stereocenters. The van der Waals surface area contributed by atoms with Crippen molar-refractivity contribution in [1.29, 1.82) is 0 Å². The molecule has 5 rings (SSSR count). The first-order chi connectivity index (χ1) is 16.7. The van der Waals surface area contributed by atoms with Gasteiger partial charge in [0.25, 0.3) is 11.8 Å². The fourth-order valence-electron chi connectivity index (χ4n) is 5.26. The average molecular weight is 492 g/mol. The number of fused-ring (bicyclic) bond motifs is 2. The van der Waals surface area contributed by atoms with E-state index in [9.17, 15) is 32.7 Å². The predicted octanol–water partition coefficient (Wildman–Crippen LogP) is 1.70. The van der Waals surface area contributed by atoms with E-state index in [-0.39, 0.29) is 11.4 Å². The van der Waals surface area contributed by atoms with Gasteiger partial charge >= 0.3 is 0 Å². The lowest BCUT2D eigenvalue weighted by Crippen LogP contribution is -2.55. The third-order valence-electron chi connectivity index (χ3n) is 6.70. The minimum Gasteiger partial charge on any atom is -0.503 e. The zero-order chi connectivity index (χ0) is 25.0. The van der Waals surface area contributed by atoms with Crippen LogP contribution in [0.3, 0.4) is 0 Å². The van der Waals surface area contributed by atoms with Gasteiger partial charge in [-0.3, -0.25) is 14.4 Å². The maximum absolute atomic E-state index is 14.0. The molecular weight excluding hydrogens is 469 g/mol. The van der Waals surface area contributed by atoms with Gasteiger partial charge < -0.3 is 29.9 Å². The maximum Gasteiger partial charge on any atom is 0.276 e. The number of hydrogen-bond donors (Lipinski definition) is 3. The van der Waals surface area contributed by atoms with Gasteiger partial charge in [-0.25, -0.2) is 13.2 Å². The Morgan fingerprint density at radius 3 is 2.63 bits per heavy atom. The molecule has 3 N–H and O–H groups in total. The first kappa shape index (κ1) is 23.4. The van der Waals surface area contributed by atoms with Gasteiger partial charge in [-0.2, -0.15) is 0 Å². The van der Waals surface area contributed by atoms with Crippen LogP contribution in [0.4, 0.5) is 13.2 Å². The van der Waals surface area contributed by atoms with Crippen LogP contribution in [0.5, 0.6) is 5.75 Å². The number of rotatable bonds is 5. The molecule has 1 saturated heterocycles. The van der Waals surface area contributed by atoms with E-state index < -0.39 is 76.4 Å². The molecule has 186 valence electrons. The Hall–Kier alpha value is -3.38. The summed E-state index contributed by atoms with van der Waals surface area (Å²) in [6.45, 7) is 2.51. The second-order valence-corrected chi connectivity index (χ2v) is 8.71. The third-order valence-corrected chi connectivity index (χ3v) is 6.70. The second-order valence-electron chi connectivity index (χ2n) is 8.71. The van der Waals surface area contributed by atoms with Gasteiger partial charge in [-0.15, -0.1) is 0 Å². The summed E-state index contributed by atoms with van der Waals surface area (Å²) < 4.78 is 48.7.